The van der Waals surface area contributed by atoms with E-state index in [1.807, 2.05) is 18.2 Å². The third kappa shape index (κ3) is 3.72. The number of para-hydroxylation sites is 2. The van der Waals surface area contributed by atoms with E-state index in [1.54, 1.807) is 37.3 Å². The van der Waals surface area contributed by atoms with Crippen LogP contribution in [0.3, 0.4) is 0 Å². The second-order valence-electron chi connectivity index (χ2n) is 6.22. The van der Waals surface area contributed by atoms with Gasteiger partial charge >= 0.3 is 0 Å². The molecule has 142 valence electrons. The molecule has 8 heteroatoms. The molecule has 6 nitrogen and oxygen atoms in total. The first-order valence-electron chi connectivity index (χ1n) is 8.56. The largest absolute Gasteiger partial charge is 0.486 e. The maximum Gasteiger partial charge on any atom is 0.270 e. The summed E-state index contributed by atoms with van der Waals surface area (Å²) in [5.41, 5.74) is 1.92. The highest BCUT2D eigenvalue weighted by molar-refractivity contribution is 7.13. The molecule has 0 bridgehead atoms. The Labute approximate surface area is 170 Å². The van der Waals surface area contributed by atoms with Gasteiger partial charge in [0.05, 0.1) is 17.1 Å². The van der Waals surface area contributed by atoms with Crippen LogP contribution in [0.15, 0.2) is 48.5 Å². The van der Waals surface area contributed by atoms with Gasteiger partial charge in [-0.25, -0.2) is 4.98 Å². The quantitative estimate of drug-likeness (QED) is 0.692. The summed E-state index contributed by atoms with van der Waals surface area (Å²) in [6.07, 6.45) is 0. The van der Waals surface area contributed by atoms with Crippen molar-refractivity contribution in [3.05, 3.63) is 69.1 Å². The van der Waals surface area contributed by atoms with E-state index >= 15 is 0 Å². The number of nitrogens with zero attached hydrogens (tertiary/aromatic N) is 2. The molecule has 2 aromatic carbocycles. The van der Waals surface area contributed by atoms with E-state index in [0.717, 1.165) is 0 Å². The third-order valence-electron chi connectivity index (χ3n) is 4.23. The number of amides is 2. The van der Waals surface area contributed by atoms with Crippen molar-refractivity contribution in [3.63, 3.8) is 0 Å². The number of fused-ring (bicyclic) bond motifs is 1. The van der Waals surface area contributed by atoms with Gasteiger partial charge in [0.15, 0.2) is 0 Å². The van der Waals surface area contributed by atoms with Crippen molar-refractivity contribution < 1.29 is 14.3 Å². The van der Waals surface area contributed by atoms with Crippen LogP contribution in [0.25, 0.3) is 0 Å². The van der Waals surface area contributed by atoms with Crippen molar-refractivity contribution in [2.45, 2.75) is 13.5 Å². The molecule has 0 saturated heterocycles. The smallest absolute Gasteiger partial charge is 0.270 e. The molecule has 0 radical (unpaired) electrons. The van der Waals surface area contributed by atoms with Gasteiger partial charge in [-0.3, -0.25) is 14.5 Å². The normalized spacial score (nSPS) is 13.1. The fourth-order valence-corrected chi connectivity index (χ4v) is 3.98. The fraction of sp³-hybridized carbons (Fsp3) is 0.150. The van der Waals surface area contributed by atoms with Crippen LogP contribution in [-0.4, -0.2) is 23.3 Å². The topological polar surface area (TPSA) is 71.5 Å². The van der Waals surface area contributed by atoms with Crippen molar-refractivity contribution in [1.82, 2.24) is 4.98 Å². The molecule has 0 aliphatic carbocycles. The molecule has 4 rings (SSSR count). The molecule has 0 atom stereocenters. The van der Waals surface area contributed by atoms with Gasteiger partial charge in [0, 0.05) is 5.02 Å². The summed E-state index contributed by atoms with van der Waals surface area (Å²) in [5, 5.41) is 4.11. The zero-order valence-corrected chi connectivity index (χ0v) is 16.5. The molecule has 1 aromatic heterocycles. The highest BCUT2D eigenvalue weighted by Crippen LogP contribution is 2.32. The van der Waals surface area contributed by atoms with E-state index in [9.17, 15) is 9.59 Å². The maximum atomic E-state index is 13.1. The lowest BCUT2D eigenvalue weighted by Gasteiger charge is -2.28. The van der Waals surface area contributed by atoms with Crippen molar-refractivity contribution in [2.75, 3.05) is 16.8 Å². The molecule has 1 aliphatic rings. The summed E-state index contributed by atoms with van der Waals surface area (Å²) in [4.78, 5) is 31.6. The average Bonchev–Trinajstić information content (AvgIpc) is 3.07. The van der Waals surface area contributed by atoms with Crippen molar-refractivity contribution in [2.24, 2.45) is 0 Å². The van der Waals surface area contributed by atoms with Crippen LogP contribution in [0.1, 0.15) is 20.4 Å². The molecule has 0 spiro atoms. The minimum atomic E-state index is -0.241. The van der Waals surface area contributed by atoms with Crippen LogP contribution in [-0.2, 0) is 11.4 Å². The van der Waals surface area contributed by atoms with E-state index in [4.69, 9.17) is 16.3 Å². The molecule has 0 fully saturated rings. The number of carbonyl (C=O) groups is 2. The number of carbonyl (C=O) groups excluding carboxylic acids is 2. The first kappa shape index (κ1) is 18.5. The molecular formula is C20H16ClN3O3S. The Kier molecular flexibility index (Phi) is 5.02. The predicted molar refractivity (Wildman–Crippen MR) is 109 cm³/mol. The molecular weight excluding hydrogens is 398 g/mol. The zero-order valence-electron chi connectivity index (χ0n) is 14.9. The minimum Gasteiger partial charge on any atom is -0.486 e. The summed E-state index contributed by atoms with van der Waals surface area (Å²) in [5.74, 6) is 0.210. The standard InChI is InChI=1S/C20H16ClN3O3S/c1-12-19(28-18(22-12)11-27-14-8-6-13(21)7-9-14)20(26)24-10-17(25)23-15-4-2-3-5-16(15)24/h2-9H,10-11H2,1H3,(H,23,25). The molecule has 3 aromatic rings. The lowest BCUT2D eigenvalue weighted by molar-refractivity contribution is -0.115. The van der Waals surface area contributed by atoms with E-state index in [0.29, 0.717) is 37.7 Å². The Balaban J connectivity index is 1.54. The summed E-state index contributed by atoms with van der Waals surface area (Å²) < 4.78 is 5.71. The second-order valence-corrected chi connectivity index (χ2v) is 7.74. The fourth-order valence-electron chi connectivity index (χ4n) is 2.93. The minimum absolute atomic E-state index is 0.0240. The first-order valence-corrected chi connectivity index (χ1v) is 9.76. The number of nitrogens with one attached hydrogen (secondary N) is 1. The Hall–Kier alpha value is -2.90. The van der Waals surface area contributed by atoms with Gasteiger partial charge in [-0.05, 0) is 43.3 Å². The number of aryl methyl sites for hydroxylation is 1. The Bertz CT molecular complexity index is 1050. The highest BCUT2D eigenvalue weighted by Gasteiger charge is 2.29. The number of rotatable bonds is 4. The van der Waals surface area contributed by atoms with Crippen LogP contribution in [0.4, 0.5) is 11.4 Å². The monoisotopic (exact) mass is 413 g/mol. The number of halogens is 1. The Morgan fingerprint density at radius 2 is 2.00 bits per heavy atom. The molecule has 0 saturated carbocycles. The van der Waals surface area contributed by atoms with Gasteiger partial charge in [-0.1, -0.05) is 23.7 Å². The van der Waals surface area contributed by atoms with Gasteiger partial charge in [0.25, 0.3) is 5.91 Å². The third-order valence-corrected chi connectivity index (χ3v) is 5.60. The van der Waals surface area contributed by atoms with Crippen LogP contribution in [0, 0.1) is 6.92 Å². The molecule has 0 unspecified atom stereocenters. The number of aromatic nitrogens is 1. The van der Waals surface area contributed by atoms with Gasteiger partial charge in [0.1, 0.15) is 28.8 Å². The van der Waals surface area contributed by atoms with Crippen molar-refractivity contribution in [3.8, 4) is 5.75 Å². The summed E-state index contributed by atoms with van der Waals surface area (Å²) >= 11 is 7.15. The number of hydrogen-bond acceptors (Lipinski definition) is 5. The Morgan fingerprint density at radius 1 is 1.25 bits per heavy atom. The van der Waals surface area contributed by atoms with Crippen molar-refractivity contribution in [1.29, 1.82) is 0 Å². The summed E-state index contributed by atoms with van der Waals surface area (Å²) in [6, 6.07) is 14.3. The lowest BCUT2D eigenvalue weighted by Crippen LogP contribution is -2.42. The van der Waals surface area contributed by atoms with E-state index in [-0.39, 0.29) is 25.0 Å². The number of thiazole rings is 1. The zero-order chi connectivity index (χ0) is 19.7. The van der Waals surface area contributed by atoms with Gasteiger partial charge < -0.3 is 10.1 Å². The Morgan fingerprint density at radius 3 is 2.79 bits per heavy atom. The van der Waals surface area contributed by atoms with Crippen LogP contribution in [0.5, 0.6) is 5.75 Å². The highest BCUT2D eigenvalue weighted by atomic mass is 35.5. The summed E-state index contributed by atoms with van der Waals surface area (Å²) in [6.45, 7) is 2.01. The molecule has 28 heavy (non-hydrogen) atoms. The lowest BCUT2D eigenvalue weighted by atomic mass is 10.2. The molecule has 1 aliphatic heterocycles. The first-order chi connectivity index (χ1) is 13.5. The molecule has 2 amide bonds. The van der Waals surface area contributed by atoms with Gasteiger partial charge in [-0.2, -0.15) is 0 Å². The maximum absolute atomic E-state index is 13.1. The SMILES string of the molecule is Cc1nc(COc2ccc(Cl)cc2)sc1C(=O)N1CC(=O)Nc2ccccc21. The number of benzene rings is 2. The predicted octanol–water partition coefficient (Wildman–Crippen LogP) is 4.28. The van der Waals surface area contributed by atoms with Crippen LogP contribution in [0.2, 0.25) is 5.02 Å². The van der Waals surface area contributed by atoms with Crippen molar-refractivity contribution >= 4 is 46.1 Å². The molecule has 1 N–H and O–H groups in total. The molecule has 2 heterocycles. The number of anilines is 2. The summed E-state index contributed by atoms with van der Waals surface area (Å²) in [7, 11) is 0. The second kappa shape index (κ2) is 7.61. The van der Waals surface area contributed by atoms with E-state index in [2.05, 4.69) is 10.3 Å². The van der Waals surface area contributed by atoms with Gasteiger partial charge in [0.2, 0.25) is 5.91 Å². The van der Waals surface area contributed by atoms with Crippen LogP contribution < -0.4 is 15.0 Å². The van der Waals surface area contributed by atoms with Crippen LogP contribution >= 0.6 is 22.9 Å². The van der Waals surface area contributed by atoms with E-state index < -0.39 is 0 Å². The average molecular weight is 414 g/mol. The van der Waals surface area contributed by atoms with Gasteiger partial charge in [-0.15, -0.1) is 11.3 Å². The number of hydrogen-bond donors (Lipinski definition) is 1. The number of ether oxygens (including phenoxy) is 1. The van der Waals surface area contributed by atoms with E-state index in [1.165, 1.54) is 16.2 Å².